The highest BCUT2D eigenvalue weighted by molar-refractivity contribution is 5.89. The van der Waals surface area contributed by atoms with Gasteiger partial charge in [0.15, 0.2) is 0 Å². The van der Waals surface area contributed by atoms with Crippen LogP contribution in [-0.2, 0) is 6.42 Å². The molecule has 0 atom stereocenters. The SMILES string of the molecule is CN1CCN(c2cc(Nc3ncc4c(n3)CC=C4c3ccc4ncccc4c3)ccn2)CC1. The van der Waals surface area contributed by atoms with Gasteiger partial charge in [-0.2, -0.15) is 0 Å². The van der Waals surface area contributed by atoms with Gasteiger partial charge in [-0.3, -0.25) is 4.98 Å². The number of nitrogens with zero attached hydrogens (tertiary/aromatic N) is 6. The van der Waals surface area contributed by atoms with Gasteiger partial charge in [-0.15, -0.1) is 0 Å². The molecule has 4 heterocycles. The molecule has 1 saturated heterocycles. The Kier molecular flexibility index (Phi) is 4.96. The number of aromatic nitrogens is 4. The van der Waals surface area contributed by atoms with Gasteiger partial charge in [-0.05, 0) is 42.4 Å². The standard InChI is InChI=1S/C26H25N7/c1-32-11-13-33(14-12-32)25-16-20(8-10-28-25)30-26-29-17-22-21(5-7-24(22)31-26)18-4-6-23-19(15-18)3-2-9-27-23/h2-6,8-10,15-17H,7,11-14H2,1H3,(H,28,29,30,31). The lowest BCUT2D eigenvalue weighted by Gasteiger charge is -2.33. The molecule has 7 nitrogen and oxygen atoms in total. The first-order valence-corrected chi connectivity index (χ1v) is 11.3. The van der Waals surface area contributed by atoms with Gasteiger partial charge in [0.25, 0.3) is 0 Å². The Hall–Kier alpha value is -3.84. The van der Waals surface area contributed by atoms with E-state index in [0.29, 0.717) is 5.95 Å². The fourth-order valence-electron chi connectivity index (χ4n) is 4.52. The zero-order chi connectivity index (χ0) is 22.2. The Morgan fingerprint density at radius 1 is 0.909 bits per heavy atom. The van der Waals surface area contributed by atoms with Crippen LogP contribution in [0.25, 0.3) is 16.5 Å². The minimum Gasteiger partial charge on any atom is -0.354 e. The smallest absolute Gasteiger partial charge is 0.227 e. The van der Waals surface area contributed by atoms with Gasteiger partial charge in [0.1, 0.15) is 5.82 Å². The second-order valence-electron chi connectivity index (χ2n) is 8.60. The van der Waals surface area contributed by atoms with Gasteiger partial charge in [-0.25, -0.2) is 15.0 Å². The zero-order valence-corrected chi connectivity index (χ0v) is 18.6. The number of hydrogen-bond donors (Lipinski definition) is 1. The number of benzene rings is 1. The molecule has 2 aliphatic rings. The lowest BCUT2D eigenvalue weighted by atomic mass is 10.0. The highest BCUT2D eigenvalue weighted by Crippen LogP contribution is 2.33. The summed E-state index contributed by atoms with van der Waals surface area (Å²) in [6.45, 7) is 4.08. The van der Waals surface area contributed by atoms with E-state index in [1.54, 1.807) is 0 Å². The topological polar surface area (TPSA) is 70.1 Å². The van der Waals surface area contributed by atoms with Crippen molar-refractivity contribution in [1.29, 1.82) is 0 Å². The van der Waals surface area contributed by atoms with Gasteiger partial charge in [0.2, 0.25) is 5.95 Å². The third kappa shape index (κ3) is 3.91. The lowest BCUT2D eigenvalue weighted by molar-refractivity contribution is 0.312. The van der Waals surface area contributed by atoms with Crippen molar-refractivity contribution in [3.63, 3.8) is 0 Å². The quantitative estimate of drug-likeness (QED) is 0.521. The maximum Gasteiger partial charge on any atom is 0.227 e. The van der Waals surface area contributed by atoms with E-state index in [4.69, 9.17) is 4.98 Å². The van der Waals surface area contributed by atoms with E-state index in [1.165, 1.54) is 11.1 Å². The summed E-state index contributed by atoms with van der Waals surface area (Å²) >= 11 is 0. The number of allylic oxidation sites excluding steroid dienone is 1. The number of piperazine rings is 1. The van der Waals surface area contributed by atoms with E-state index in [1.807, 2.05) is 30.7 Å². The van der Waals surface area contributed by atoms with Crippen molar-refractivity contribution in [1.82, 2.24) is 24.8 Å². The first kappa shape index (κ1) is 19.8. The molecule has 164 valence electrons. The van der Waals surface area contributed by atoms with E-state index < -0.39 is 0 Å². The van der Waals surface area contributed by atoms with Crippen LogP contribution in [0.3, 0.4) is 0 Å². The van der Waals surface area contributed by atoms with Crippen LogP contribution in [0.2, 0.25) is 0 Å². The van der Waals surface area contributed by atoms with E-state index in [9.17, 15) is 0 Å². The summed E-state index contributed by atoms with van der Waals surface area (Å²) in [4.78, 5) is 23.1. The molecule has 0 unspecified atom stereocenters. The Bertz CT molecular complexity index is 1360. The van der Waals surface area contributed by atoms with Crippen LogP contribution in [0.15, 0.2) is 67.1 Å². The third-order valence-corrected chi connectivity index (χ3v) is 6.40. The van der Waals surface area contributed by atoms with Gasteiger partial charge < -0.3 is 15.1 Å². The summed E-state index contributed by atoms with van der Waals surface area (Å²) in [5.41, 5.74) is 6.45. The zero-order valence-electron chi connectivity index (χ0n) is 18.6. The summed E-state index contributed by atoms with van der Waals surface area (Å²) in [5, 5.41) is 4.51. The van der Waals surface area contributed by atoms with Gasteiger partial charge in [0.05, 0.1) is 11.2 Å². The average molecular weight is 436 g/mol. The van der Waals surface area contributed by atoms with Crippen LogP contribution in [0, 0.1) is 0 Å². The Morgan fingerprint density at radius 2 is 1.82 bits per heavy atom. The first-order valence-electron chi connectivity index (χ1n) is 11.3. The summed E-state index contributed by atoms with van der Waals surface area (Å²) < 4.78 is 0. The molecule has 0 amide bonds. The molecule has 0 saturated carbocycles. The monoisotopic (exact) mass is 435 g/mol. The molecule has 0 radical (unpaired) electrons. The van der Waals surface area contributed by atoms with Crippen molar-refractivity contribution < 1.29 is 0 Å². The minimum atomic E-state index is 0.613. The molecule has 3 aromatic heterocycles. The molecule has 1 aliphatic heterocycles. The van der Waals surface area contributed by atoms with Crippen LogP contribution in [-0.4, -0.2) is 58.1 Å². The number of hydrogen-bond acceptors (Lipinski definition) is 7. The van der Waals surface area contributed by atoms with Crippen molar-refractivity contribution in [2.75, 3.05) is 43.4 Å². The lowest BCUT2D eigenvalue weighted by Crippen LogP contribution is -2.44. The largest absolute Gasteiger partial charge is 0.354 e. The van der Waals surface area contributed by atoms with Crippen LogP contribution < -0.4 is 10.2 Å². The fraction of sp³-hybridized carbons (Fsp3) is 0.231. The minimum absolute atomic E-state index is 0.613. The average Bonchev–Trinajstić information content (AvgIpc) is 3.28. The van der Waals surface area contributed by atoms with Crippen molar-refractivity contribution >= 4 is 33.9 Å². The van der Waals surface area contributed by atoms with Crippen molar-refractivity contribution in [2.24, 2.45) is 0 Å². The molecule has 1 aromatic carbocycles. The molecular weight excluding hydrogens is 410 g/mol. The van der Waals surface area contributed by atoms with Crippen molar-refractivity contribution in [2.45, 2.75) is 6.42 Å². The van der Waals surface area contributed by atoms with Crippen molar-refractivity contribution in [3.05, 3.63) is 84.0 Å². The number of rotatable bonds is 4. The highest BCUT2D eigenvalue weighted by Gasteiger charge is 2.19. The molecule has 33 heavy (non-hydrogen) atoms. The number of pyridine rings is 2. The first-order chi connectivity index (χ1) is 16.2. The summed E-state index contributed by atoms with van der Waals surface area (Å²) in [7, 11) is 2.16. The van der Waals surface area contributed by atoms with Crippen LogP contribution >= 0.6 is 0 Å². The Balaban J connectivity index is 1.22. The number of fused-ring (bicyclic) bond motifs is 2. The molecule has 0 spiro atoms. The predicted molar refractivity (Wildman–Crippen MR) is 132 cm³/mol. The van der Waals surface area contributed by atoms with Gasteiger partial charge >= 0.3 is 0 Å². The second-order valence-corrected chi connectivity index (χ2v) is 8.60. The number of nitrogens with one attached hydrogen (secondary N) is 1. The summed E-state index contributed by atoms with van der Waals surface area (Å²) in [5.74, 6) is 1.60. The van der Waals surface area contributed by atoms with E-state index in [0.717, 1.165) is 66.3 Å². The number of likely N-dealkylation sites (N-methyl/N-ethyl adjacent to an activating group) is 1. The predicted octanol–water partition coefficient (Wildman–Crippen LogP) is 3.90. The molecule has 1 aliphatic carbocycles. The normalized spacial score (nSPS) is 16.0. The third-order valence-electron chi connectivity index (χ3n) is 6.40. The van der Waals surface area contributed by atoms with E-state index >= 15 is 0 Å². The second kappa shape index (κ2) is 8.26. The Morgan fingerprint density at radius 3 is 2.73 bits per heavy atom. The summed E-state index contributed by atoms with van der Waals surface area (Å²) in [6.07, 6.45) is 8.64. The molecule has 1 fully saturated rings. The number of anilines is 3. The van der Waals surface area contributed by atoms with Crippen molar-refractivity contribution in [3.8, 4) is 0 Å². The Labute approximate surface area is 192 Å². The maximum absolute atomic E-state index is 4.81. The fourth-order valence-corrected chi connectivity index (χ4v) is 4.52. The maximum atomic E-state index is 4.81. The molecule has 6 rings (SSSR count). The highest BCUT2D eigenvalue weighted by atomic mass is 15.3. The molecule has 4 aromatic rings. The molecule has 1 N–H and O–H groups in total. The summed E-state index contributed by atoms with van der Waals surface area (Å²) in [6, 6.07) is 14.5. The molecular formula is C26H25N7. The molecule has 0 bridgehead atoms. The van der Waals surface area contributed by atoms with Crippen LogP contribution in [0.4, 0.5) is 17.5 Å². The van der Waals surface area contributed by atoms with E-state index in [-0.39, 0.29) is 0 Å². The molecule has 7 heteroatoms. The van der Waals surface area contributed by atoms with Gasteiger partial charge in [-0.1, -0.05) is 18.2 Å². The van der Waals surface area contributed by atoms with Crippen LogP contribution in [0.5, 0.6) is 0 Å². The van der Waals surface area contributed by atoms with E-state index in [2.05, 4.69) is 73.5 Å². The van der Waals surface area contributed by atoms with Crippen LogP contribution in [0.1, 0.15) is 16.8 Å². The van der Waals surface area contributed by atoms with Gasteiger partial charge in [0, 0.05) is 73.9 Å².